The summed E-state index contributed by atoms with van der Waals surface area (Å²) in [6.45, 7) is 0. The van der Waals surface area contributed by atoms with E-state index < -0.39 is 17.4 Å². The van der Waals surface area contributed by atoms with Gasteiger partial charge in [0.2, 0.25) is 5.41 Å². The number of benzene rings is 1. The largest absolute Gasteiger partial charge is 0.480 e. The number of hydrogen-bond acceptors (Lipinski definition) is 2. The quantitative estimate of drug-likeness (QED) is 0.832. The lowest BCUT2D eigenvalue weighted by atomic mass is 9.97. The second kappa shape index (κ2) is 3.45. The van der Waals surface area contributed by atoms with Crippen molar-refractivity contribution >= 4 is 33.4 Å². The molecule has 82 valence electrons. The molecule has 0 spiro atoms. The van der Waals surface area contributed by atoms with Crippen molar-refractivity contribution in [2.24, 2.45) is 5.41 Å². The molecular formula is C11H7BrO4. The molecule has 2 rings (SSSR count). The maximum absolute atomic E-state index is 10.9. The van der Waals surface area contributed by atoms with Crippen LogP contribution in [-0.4, -0.2) is 22.2 Å². The van der Waals surface area contributed by atoms with Crippen LogP contribution in [0, 0.1) is 5.41 Å². The number of carbonyl (C=O) groups is 2. The van der Waals surface area contributed by atoms with E-state index in [0.717, 1.165) is 4.47 Å². The van der Waals surface area contributed by atoms with Gasteiger partial charge in [-0.2, -0.15) is 0 Å². The Morgan fingerprint density at radius 2 is 1.56 bits per heavy atom. The van der Waals surface area contributed by atoms with Gasteiger partial charge in [-0.3, -0.25) is 9.59 Å². The molecule has 0 fully saturated rings. The van der Waals surface area contributed by atoms with Crippen LogP contribution in [0.4, 0.5) is 0 Å². The van der Waals surface area contributed by atoms with Gasteiger partial charge in [0, 0.05) is 4.47 Å². The molecule has 16 heavy (non-hydrogen) atoms. The van der Waals surface area contributed by atoms with Gasteiger partial charge in [0.25, 0.3) is 0 Å². The first-order valence-corrected chi connectivity index (χ1v) is 5.24. The highest BCUT2D eigenvalue weighted by Crippen LogP contribution is 2.51. The molecule has 0 saturated carbocycles. The van der Waals surface area contributed by atoms with Crippen molar-refractivity contribution < 1.29 is 19.8 Å². The first kappa shape index (κ1) is 10.9. The van der Waals surface area contributed by atoms with Gasteiger partial charge < -0.3 is 10.2 Å². The molecule has 0 unspecified atom stereocenters. The van der Waals surface area contributed by atoms with Crippen LogP contribution in [-0.2, 0) is 9.59 Å². The molecule has 0 atom stereocenters. The van der Waals surface area contributed by atoms with E-state index in [9.17, 15) is 9.59 Å². The average Bonchev–Trinajstić information content (AvgIpc) is 2.95. The van der Waals surface area contributed by atoms with Crippen LogP contribution in [0.5, 0.6) is 0 Å². The minimum atomic E-state index is -1.83. The standard InChI is InChI=1S/C11H7BrO4/c12-7-3-1-6(2-4-7)8-5-11(8,9(13)14)10(15)16/h1-5H,(H,13,14)(H,15,16). The number of aliphatic carboxylic acids is 2. The molecule has 0 heterocycles. The Bertz CT molecular complexity index is 487. The molecule has 5 heteroatoms. The molecule has 0 bridgehead atoms. The zero-order chi connectivity index (χ0) is 11.9. The summed E-state index contributed by atoms with van der Waals surface area (Å²) >= 11 is 3.25. The zero-order valence-electron chi connectivity index (χ0n) is 7.98. The zero-order valence-corrected chi connectivity index (χ0v) is 9.56. The molecule has 0 radical (unpaired) electrons. The van der Waals surface area contributed by atoms with E-state index in [1.807, 2.05) is 0 Å². The van der Waals surface area contributed by atoms with Crippen molar-refractivity contribution in [3.8, 4) is 0 Å². The maximum Gasteiger partial charge on any atom is 0.329 e. The van der Waals surface area contributed by atoms with Gasteiger partial charge >= 0.3 is 11.9 Å². The first-order chi connectivity index (χ1) is 7.48. The monoisotopic (exact) mass is 282 g/mol. The summed E-state index contributed by atoms with van der Waals surface area (Å²) in [7, 11) is 0. The summed E-state index contributed by atoms with van der Waals surface area (Å²) in [5, 5.41) is 17.8. The minimum absolute atomic E-state index is 0.333. The molecule has 1 aliphatic rings. The fraction of sp³-hybridized carbons (Fsp3) is 0.0909. The normalized spacial score (nSPS) is 16.4. The van der Waals surface area contributed by atoms with Crippen LogP contribution in [0.1, 0.15) is 5.56 Å². The Morgan fingerprint density at radius 1 is 1.06 bits per heavy atom. The van der Waals surface area contributed by atoms with Gasteiger partial charge in [0.15, 0.2) is 0 Å². The Balaban J connectivity index is 2.33. The summed E-state index contributed by atoms with van der Waals surface area (Å²) in [6, 6.07) is 6.85. The third-order valence-electron chi connectivity index (χ3n) is 2.53. The Labute approximate surface area is 99.3 Å². The van der Waals surface area contributed by atoms with Crippen molar-refractivity contribution in [1.82, 2.24) is 0 Å². The first-order valence-electron chi connectivity index (χ1n) is 4.44. The number of carboxylic acids is 2. The molecule has 2 N–H and O–H groups in total. The van der Waals surface area contributed by atoms with Crippen molar-refractivity contribution in [1.29, 1.82) is 0 Å². The number of rotatable bonds is 3. The summed E-state index contributed by atoms with van der Waals surface area (Å²) in [5.41, 5.74) is -0.874. The highest BCUT2D eigenvalue weighted by atomic mass is 79.9. The van der Waals surface area contributed by atoms with Crippen molar-refractivity contribution in [3.63, 3.8) is 0 Å². The minimum Gasteiger partial charge on any atom is -0.480 e. The van der Waals surface area contributed by atoms with Gasteiger partial charge in [-0.05, 0) is 29.3 Å². The predicted octanol–water partition coefficient (Wildman–Crippen LogP) is 2.00. The number of hydrogen-bond donors (Lipinski definition) is 2. The Kier molecular flexibility index (Phi) is 2.35. The van der Waals surface area contributed by atoms with Gasteiger partial charge in [0.05, 0.1) is 0 Å². The fourth-order valence-electron chi connectivity index (χ4n) is 1.57. The molecule has 0 saturated heterocycles. The summed E-state index contributed by atoms with van der Waals surface area (Å²) in [4.78, 5) is 21.9. The molecule has 0 aliphatic heterocycles. The Morgan fingerprint density at radius 3 is 1.94 bits per heavy atom. The van der Waals surface area contributed by atoms with E-state index in [0.29, 0.717) is 11.1 Å². The maximum atomic E-state index is 10.9. The van der Waals surface area contributed by atoms with Crippen LogP contribution in [0.25, 0.3) is 5.57 Å². The van der Waals surface area contributed by atoms with Crippen LogP contribution >= 0.6 is 15.9 Å². The number of carboxylic acid groups (broad SMARTS) is 2. The lowest BCUT2D eigenvalue weighted by molar-refractivity contribution is -0.154. The summed E-state index contributed by atoms with van der Waals surface area (Å²) in [6.07, 6.45) is 1.25. The van der Waals surface area contributed by atoms with Crippen LogP contribution in [0.15, 0.2) is 34.8 Å². The third-order valence-corrected chi connectivity index (χ3v) is 3.06. The summed E-state index contributed by atoms with van der Waals surface area (Å²) in [5.74, 6) is -2.70. The second-order valence-electron chi connectivity index (χ2n) is 3.48. The van der Waals surface area contributed by atoms with E-state index in [2.05, 4.69) is 15.9 Å². The van der Waals surface area contributed by atoms with Crippen molar-refractivity contribution in [2.75, 3.05) is 0 Å². The Hall–Kier alpha value is -1.62. The van der Waals surface area contributed by atoms with Crippen LogP contribution in [0.3, 0.4) is 0 Å². The SMILES string of the molecule is O=C(O)C1(C(=O)O)C=C1c1ccc(Br)cc1. The van der Waals surface area contributed by atoms with E-state index in [1.54, 1.807) is 24.3 Å². The van der Waals surface area contributed by atoms with E-state index >= 15 is 0 Å². The molecule has 1 aliphatic carbocycles. The van der Waals surface area contributed by atoms with Gasteiger partial charge in [-0.1, -0.05) is 28.1 Å². The van der Waals surface area contributed by atoms with Gasteiger partial charge in [-0.25, -0.2) is 0 Å². The third kappa shape index (κ3) is 1.44. The van der Waals surface area contributed by atoms with Crippen LogP contribution in [0.2, 0.25) is 0 Å². The number of halogens is 1. The van der Waals surface area contributed by atoms with Gasteiger partial charge in [0.1, 0.15) is 0 Å². The van der Waals surface area contributed by atoms with Gasteiger partial charge in [-0.15, -0.1) is 0 Å². The van der Waals surface area contributed by atoms with Crippen molar-refractivity contribution in [2.45, 2.75) is 0 Å². The lowest BCUT2D eigenvalue weighted by Crippen LogP contribution is -2.28. The molecule has 1 aromatic carbocycles. The topological polar surface area (TPSA) is 74.6 Å². The predicted molar refractivity (Wildman–Crippen MR) is 59.8 cm³/mol. The molecular weight excluding hydrogens is 276 g/mol. The smallest absolute Gasteiger partial charge is 0.329 e. The molecule has 1 aromatic rings. The van der Waals surface area contributed by atoms with E-state index in [1.165, 1.54) is 6.08 Å². The molecule has 0 amide bonds. The average molecular weight is 283 g/mol. The highest BCUT2D eigenvalue weighted by molar-refractivity contribution is 9.10. The second-order valence-corrected chi connectivity index (χ2v) is 4.40. The molecule has 0 aromatic heterocycles. The highest BCUT2D eigenvalue weighted by Gasteiger charge is 2.58. The fourth-order valence-corrected chi connectivity index (χ4v) is 1.83. The van der Waals surface area contributed by atoms with Crippen LogP contribution < -0.4 is 0 Å². The van der Waals surface area contributed by atoms with E-state index in [4.69, 9.17) is 10.2 Å². The van der Waals surface area contributed by atoms with E-state index in [-0.39, 0.29) is 0 Å². The lowest BCUT2D eigenvalue weighted by Gasteiger charge is -2.07. The molecule has 4 nitrogen and oxygen atoms in total. The summed E-state index contributed by atoms with van der Waals surface area (Å²) < 4.78 is 0.855. The van der Waals surface area contributed by atoms with Crippen molar-refractivity contribution in [3.05, 3.63) is 40.4 Å².